The van der Waals surface area contributed by atoms with Crippen molar-refractivity contribution < 1.29 is 9.53 Å². The van der Waals surface area contributed by atoms with Crippen LogP contribution in [0.2, 0.25) is 0 Å². The molecule has 2 aromatic heterocycles. The lowest BCUT2D eigenvalue weighted by Gasteiger charge is -2.42. The number of hydrogen-bond donors (Lipinski definition) is 3. The largest absolute Gasteiger partial charge is 0.377 e. The summed E-state index contributed by atoms with van der Waals surface area (Å²) in [5.41, 5.74) is 8.41. The number of carbonyl (C=O) groups is 1. The van der Waals surface area contributed by atoms with Crippen molar-refractivity contribution in [1.82, 2.24) is 24.8 Å². The molecule has 0 unspecified atom stereocenters. The molecule has 2 aliphatic rings. The molecule has 1 saturated heterocycles. The maximum absolute atomic E-state index is 12.9. The predicted octanol–water partition coefficient (Wildman–Crippen LogP) is 2.32. The third-order valence-electron chi connectivity index (χ3n) is 6.28. The monoisotopic (exact) mass is 417 g/mol. The lowest BCUT2D eigenvalue weighted by molar-refractivity contribution is -0.0240. The smallest absolute Gasteiger partial charge is 0.274 e. The van der Waals surface area contributed by atoms with Gasteiger partial charge in [0.15, 0.2) is 0 Å². The van der Waals surface area contributed by atoms with Gasteiger partial charge < -0.3 is 20.4 Å². The Morgan fingerprint density at radius 1 is 1.13 bits per heavy atom. The Labute approximate surface area is 179 Å². The number of nitrogen functional groups attached to an aromatic ring is 1. The second kappa shape index (κ2) is 7.59. The minimum absolute atomic E-state index is 0.125. The van der Waals surface area contributed by atoms with Gasteiger partial charge in [0.05, 0.1) is 37.2 Å². The molecule has 0 atom stereocenters. The molecular formula is C22H23N7O2. The lowest BCUT2D eigenvalue weighted by atomic mass is 9.63. The van der Waals surface area contributed by atoms with Gasteiger partial charge in [0.2, 0.25) is 5.95 Å². The van der Waals surface area contributed by atoms with E-state index >= 15 is 0 Å². The van der Waals surface area contributed by atoms with Gasteiger partial charge in [-0.2, -0.15) is 0 Å². The van der Waals surface area contributed by atoms with Crippen LogP contribution in [0.1, 0.15) is 41.4 Å². The van der Waals surface area contributed by atoms with Gasteiger partial charge in [0.25, 0.3) is 5.91 Å². The first-order valence-corrected chi connectivity index (χ1v) is 10.3. The summed E-state index contributed by atoms with van der Waals surface area (Å²) in [4.78, 5) is 25.1. The average molecular weight is 417 g/mol. The summed E-state index contributed by atoms with van der Waals surface area (Å²) in [5, 5.41) is 11.6. The summed E-state index contributed by atoms with van der Waals surface area (Å²) in [6.07, 6.45) is 9.23. The molecular weight excluding hydrogens is 394 g/mol. The highest BCUT2D eigenvalue weighted by Gasteiger charge is 2.44. The third-order valence-corrected chi connectivity index (χ3v) is 6.28. The highest BCUT2D eigenvalue weighted by molar-refractivity contribution is 6.08. The van der Waals surface area contributed by atoms with E-state index in [4.69, 9.17) is 15.9 Å². The van der Waals surface area contributed by atoms with E-state index in [0.29, 0.717) is 18.9 Å². The molecule has 2 fully saturated rings. The first-order valence-electron chi connectivity index (χ1n) is 10.3. The summed E-state index contributed by atoms with van der Waals surface area (Å²) in [5.74, 6) is 0.158. The van der Waals surface area contributed by atoms with Crippen molar-refractivity contribution in [3.05, 3.63) is 60.4 Å². The molecule has 1 aliphatic carbocycles. The second-order valence-electron chi connectivity index (χ2n) is 8.05. The highest BCUT2D eigenvalue weighted by Crippen LogP contribution is 2.44. The minimum atomic E-state index is -0.476. The Hall–Kier alpha value is -3.59. The fourth-order valence-corrected chi connectivity index (χ4v) is 4.13. The molecule has 5 rings (SSSR count). The van der Waals surface area contributed by atoms with Crippen molar-refractivity contribution in [2.24, 2.45) is 0 Å². The van der Waals surface area contributed by atoms with Crippen LogP contribution >= 0.6 is 0 Å². The molecule has 0 radical (unpaired) electrons. The van der Waals surface area contributed by atoms with E-state index in [-0.39, 0.29) is 23.7 Å². The Balaban J connectivity index is 1.34. The molecule has 9 heteroatoms. The van der Waals surface area contributed by atoms with Crippen LogP contribution in [0, 0.1) is 5.41 Å². The number of carbonyl (C=O) groups excluding carboxylic acids is 1. The SMILES string of the molecule is N=C(NC(=O)c1cncn1C1COC1)C1(c2ccc(-c3cnc(N)nc3)cc2)CCC1. The first-order chi connectivity index (χ1) is 15.1. The predicted molar refractivity (Wildman–Crippen MR) is 115 cm³/mol. The molecule has 4 N–H and O–H groups in total. The van der Waals surface area contributed by atoms with Crippen molar-refractivity contribution in [2.75, 3.05) is 18.9 Å². The molecule has 1 saturated carbocycles. The van der Waals surface area contributed by atoms with Crippen LogP contribution in [0.15, 0.2) is 49.2 Å². The number of nitrogens with two attached hydrogens (primary N) is 1. The molecule has 3 heterocycles. The number of benzene rings is 1. The fourth-order valence-electron chi connectivity index (χ4n) is 4.13. The Morgan fingerprint density at radius 3 is 2.42 bits per heavy atom. The molecule has 1 amide bonds. The van der Waals surface area contributed by atoms with E-state index in [1.807, 2.05) is 28.8 Å². The van der Waals surface area contributed by atoms with Crippen LogP contribution in [0.5, 0.6) is 0 Å². The molecule has 31 heavy (non-hydrogen) atoms. The average Bonchev–Trinajstić information content (AvgIpc) is 3.16. The number of amides is 1. The summed E-state index contributed by atoms with van der Waals surface area (Å²) in [6, 6.07) is 8.14. The zero-order chi connectivity index (χ0) is 21.4. The van der Waals surface area contributed by atoms with Crippen molar-refractivity contribution in [3.8, 4) is 11.1 Å². The molecule has 0 bridgehead atoms. The number of nitrogens with zero attached hydrogens (tertiary/aromatic N) is 4. The summed E-state index contributed by atoms with van der Waals surface area (Å²) >= 11 is 0. The van der Waals surface area contributed by atoms with Crippen LogP contribution in [-0.4, -0.2) is 44.5 Å². The van der Waals surface area contributed by atoms with E-state index < -0.39 is 5.41 Å². The van der Waals surface area contributed by atoms with Gasteiger partial charge in [-0.1, -0.05) is 30.7 Å². The molecule has 1 aromatic carbocycles. The van der Waals surface area contributed by atoms with Crippen molar-refractivity contribution >= 4 is 17.7 Å². The topological polar surface area (TPSA) is 132 Å². The van der Waals surface area contributed by atoms with Crippen molar-refractivity contribution in [2.45, 2.75) is 30.7 Å². The van der Waals surface area contributed by atoms with Gasteiger partial charge in [-0.05, 0) is 24.0 Å². The van der Waals surface area contributed by atoms with E-state index in [0.717, 1.165) is 36.0 Å². The molecule has 3 aromatic rings. The summed E-state index contributed by atoms with van der Waals surface area (Å²) in [7, 11) is 0. The zero-order valence-corrected chi connectivity index (χ0v) is 16.9. The quantitative estimate of drug-likeness (QED) is 0.431. The van der Waals surface area contributed by atoms with E-state index in [9.17, 15) is 4.79 Å². The number of amidine groups is 1. The normalized spacial score (nSPS) is 17.4. The van der Waals surface area contributed by atoms with Gasteiger partial charge >= 0.3 is 0 Å². The van der Waals surface area contributed by atoms with E-state index in [2.05, 4.69) is 20.3 Å². The maximum Gasteiger partial charge on any atom is 0.274 e. The van der Waals surface area contributed by atoms with Crippen LogP contribution < -0.4 is 11.1 Å². The fraction of sp³-hybridized carbons (Fsp3) is 0.318. The zero-order valence-electron chi connectivity index (χ0n) is 16.9. The Morgan fingerprint density at radius 2 is 1.84 bits per heavy atom. The summed E-state index contributed by atoms with van der Waals surface area (Å²) < 4.78 is 7.05. The van der Waals surface area contributed by atoms with Crippen LogP contribution in [0.3, 0.4) is 0 Å². The van der Waals surface area contributed by atoms with E-state index in [1.54, 1.807) is 18.7 Å². The van der Waals surface area contributed by atoms with Gasteiger partial charge in [-0.15, -0.1) is 0 Å². The van der Waals surface area contributed by atoms with Gasteiger partial charge in [-0.25, -0.2) is 15.0 Å². The number of hydrogen-bond acceptors (Lipinski definition) is 7. The third kappa shape index (κ3) is 3.36. The minimum Gasteiger partial charge on any atom is -0.377 e. The van der Waals surface area contributed by atoms with Crippen LogP contribution in [0.25, 0.3) is 11.1 Å². The molecule has 9 nitrogen and oxygen atoms in total. The summed E-state index contributed by atoms with van der Waals surface area (Å²) in [6.45, 7) is 1.15. The van der Waals surface area contributed by atoms with E-state index in [1.165, 1.54) is 6.20 Å². The van der Waals surface area contributed by atoms with Gasteiger partial charge in [0.1, 0.15) is 11.5 Å². The number of aromatic nitrogens is 4. The molecule has 1 aliphatic heterocycles. The number of ether oxygens (including phenoxy) is 1. The van der Waals surface area contributed by atoms with Crippen LogP contribution in [-0.2, 0) is 10.2 Å². The number of rotatable bonds is 5. The van der Waals surface area contributed by atoms with Crippen LogP contribution in [0.4, 0.5) is 5.95 Å². The Kier molecular flexibility index (Phi) is 4.74. The number of anilines is 1. The van der Waals surface area contributed by atoms with Crippen molar-refractivity contribution in [3.63, 3.8) is 0 Å². The first kappa shape index (κ1) is 19.4. The second-order valence-corrected chi connectivity index (χ2v) is 8.05. The van der Waals surface area contributed by atoms with Crippen molar-refractivity contribution in [1.29, 1.82) is 5.41 Å². The number of imidazole rings is 1. The van der Waals surface area contributed by atoms with Gasteiger partial charge in [0, 0.05) is 18.0 Å². The molecule has 158 valence electrons. The standard InChI is InChI=1S/C22H23N7O2/c23-20(28-19(30)18-10-25-13-29(18)17-11-31-12-17)22(6-1-7-22)16-4-2-14(3-5-16)15-8-26-21(24)27-9-15/h2-5,8-10,13,17H,1,6-7,11-12H2,(H2,23,28,30)(H2,24,26,27). The number of nitrogens with one attached hydrogen (secondary N) is 2. The maximum atomic E-state index is 12.9. The van der Waals surface area contributed by atoms with Gasteiger partial charge in [-0.3, -0.25) is 10.2 Å². The lowest BCUT2D eigenvalue weighted by Crippen LogP contribution is -2.51. The molecule has 0 spiro atoms. The highest BCUT2D eigenvalue weighted by atomic mass is 16.5. The Bertz CT molecular complexity index is 1110.